The average molecular weight is 179 g/mol. The summed E-state index contributed by atoms with van der Waals surface area (Å²) in [6, 6.07) is 4.81. The van der Waals surface area contributed by atoms with Crippen LogP contribution in [-0.2, 0) is 0 Å². The number of nitrogens with one attached hydrogen (secondary N) is 1. The van der Waals surface area contributed by atoms with Gasteiger partial charge >= 0.3 is 0 Å². The first-order valence-electron chi connectivity index (χ1n) is 4.31. The van der Waals surface area contributed by atoms with E-state index in [1.165, 1.54) is 6.07 Å². The molecule has 1 nitrogen and oxygen atoms in total. The Kier molecular flexibility index (Phi) is 3.65. The van der Waals surface area contributed by atoms with Crippen molar-refractivity contribution >= 4 is 6.08 Å². The van der Waals surface area contributed by atoms with Crippen LogP contribution in [0.4, 0.5) is 4.39 Å². The molecule has 0 saturated heterocycles. The van der Waals surface area contributed by atoms with Gasteiger partial charge in [0.2, 0.25) is 0 Å². The second-order valence-electron chi connectivity index (χ2n) is 2.96. The van der Waals surface area contributed by atoms with E-state index >= 15 is 0 Å². The number of rotatable bonds is 3. The first-order chi connectivity index (χ1) is 6.24. The van der Waals surface area contributed by atoms with Crippen LogP contribution in [0.1, 0.15) is 11.1 Å². The zero-order chi connectivity index (χ0) is 9.68. The Hall–Kier alpha value is -1.15. The maximum Gasteiger partial charge on any atom is 0.123 e. The quantitative estimate of drug-likeness (QED) is 0.751. The summed E-state index contributed by atoms with van der Waals surface area (Å²) < 4.78 is 12.7. The predicted molar refractivity (Wildman–Crippen MR) is 54.1 cm³/mol. The highest BCUT2D eigenvalue weighted by Crippen LogP contribution is 2.11. The lowest BCUT2D eigenvalue weighted by Gasteiger charge is -1.99. The van der Waals surface area contributed by atoms with E-state index < -0.39 is 0 Å². The Morgan fingerprint density at radius 1 is 1.46 bits per heavy atom. The summed E-state index contributed by atoms with van der Waals surface area (Å²) in [6.07, 6.45) is 4.01. The van der Waals surface area contributed by atoms with Crippen LogP contribution in [-0.4, -0.2) is 13.6 Å². The molecule has 1 N–H and O–H groups in total. The van der Waals surface area contributed by atoms with Crippen molar-refractivity contribution in [1.82, 2.24) is 5.32 Å². The van der Waals surface area contributed by atoms with Gasteiger partial charge in [-0.2, -0.15) is 0 Å². The van der Waals surface area contributed by atoms with E-state index in [1.54, 1.807) is 12.1 Å². The second-order valence-corrected chi connectivity index (χ2v) is 2.96. The highest BCUT2D eigenvalue weighted by Gasteiger charge is 1.94. The standard InChI is InChI=1S/C11H14FN/c1-9-8-11(12)6-5-10(9)4-3-7-13-2/h3-6,8,13H,7H2,1-2H3/b4-3+. The lowest BCUT2D eigenvalue weighted by atomic mass is 10.1. The molecule has 0 aliphatic rings. The fourth-order valence-corrected chi connectivity index (χ4v) is 1.13. The van der Waals surface area contributed by atoms with Crippen LogP contribution in [0.15, 0.2) is 24.3 Å². The van der Waals surface area contributed by atoms with Crippen LogP contribution in [0, 0.1) is 12.7 Å². The number of hydrogen-bond acceptors (Lipinski definition) is 1. The lowest BCUT2D eigenvalue weighted by Crippen LogP contribution is -2.03. The molecule has 13 heavy (non-hydrogen) atoms. The van der Waals surface area contributed by atoms with Crippen LogP contribution in [0.25, 0.3) is 6.08 Å². The maximum absolute atomic E-state index is 12.7. The van der Waals surface area contributed by atoms with Crippen molar-refractivity contribution in [2.24, 2.45) is 0 Å². The third kappa shape index (κ3) is 2.99. The number of likely N-dealkylation sites (N-methyl/N-ethyl adjacent to an activating group) is 1. The van der Waals surface area contributed by atoms with Gasteiger partial charge in [-0.3, -0.25) is 0 Å². The van der Waals surface area contributed by atoms with Gasteiger partial charge in [-0.15, -0.1) is 0 Å². The molecule has 1 rings (SSSR count). The maximum atomic E-state index is 12.7. The average Bonchev–Trinajstić information content (AvgIpc) is 2.09. The van der Waals surface area contributed by atoms with Gasteiger partial charge in [0.25, 0.3) is 0 Å². The molecule has 1 aromatic carbocycles. The number of benzene rings is 1. The molecule has 0 unspecified atom stereocenters. The molecule has 0 atom stereocenters. The molecule has 1 aromatic rings. The molecule has 0 fully saturated rings. The first kappa shape index (κ1) is 9.93. The third-order valence-electron chi connectivity index (χ3n) is 1.85. The third-order valence-corrected chi connectivity index (χ3v) is 1.85. The van der Waals surface area contributed by atoms with Gasteiger partial charge in [-0.05, 0) is 37.2 Å². The van der Waals surface area contributed by atoms with Crippen molar-refractivity contribution in [3.05, 3.63) is 41.2 Å². The van der Waals surface area contributed by atoms with Crippen molar-refractivity contribution in [2.75, 3.05) is 13.6 Å². The minimum Gasteiger partial charge on any atom is -0.316 e. The highest BCUT2D eigenvalue weighted by atomic mass is 19.1. The van der Waals surface area contributed by atoms with Crippen molar-refractivity contribution in [1.29, 1.82) is 0 Å². The summed E-state index contributed by atoms with van der Waals surface area (Å²) in [6.45, 7) is 2.74. The summed E-state index contributed by atoms with van der Waals surface area (Å²) in [7, 11) is 1.89. The Bertz CT molecular complexity index is 305. The largest absolute Gasteiger partial charge is 0.316 e. The number of aryl methyl sites for hydroxylation is 1. The molecule has 0 spiro atoms. The van der Waals surface area contributed by atoms with Gasteiger partial charge in [0.15, 0.2) is 0 Å². The topological polar surface area (TPSA) is 12.0 Å². The van der Waals surface area contributed by atoms with Gasteiger partial charge in [0, 0.05) is 6.54 Å². The minimum absolute atomic E-state index is 0.178. The molecule has 0 heterocycles. The molecule has 0 aliphatic heterocycles. The summed E-state index contributed by atoms with van der Waals surface area (Å²) in [5.74, 6) is -0.178. The molecular weight excluding hydrogens is 165 g/mol. The first-order valence-corrected chi connectivity index (χ1v) is 4.31. The summed E-state index contributed by atoms with van der Waals surface area (Å²) in [5, 5.41) is 3.01. The highest BCUT2D eigenvalue weighted by molar-refractivity contribution is 5.53. The Morgan fingerprint density at radius 2 is 2.23 bits per heavy atom. The molecule has 0 radical (unpaired) electrons. The van der Waals surface area contributed by atoms with Crippen molar-refractivity contribution in [2.45, 2.75) is 6.92 Å². The molecule has 2 heteroatoms. The number of hydrogen-bond donors (Lipinski definition) is 1. The Labute approximate surface area is 78.3 Å². The second kappa shape index (κ2) is 4.77. The van der Waals surface area contributed by atoms with E-state index in [2.05, 4.69) is 5.32 Å². The molecular formula is C11H14FN. The predicted octanol–water partition coefficient (Wildman–Crippen LogP) is 2.37. The van der Waals surface area contributed by atoms with Gasteiger partial charge in [0.05, 0.1) is 0 Å². The van der Waals surface area contributed by atoms with E-state index in [4.69, 9.17) is 0 Å². The van der Waals surface area contributed by atoms with E-state index in [-0.39, 0.29) is 5.82 Å². The van der Waals surface area contributed by atoms with Gasteiger partial charge in [-0.1, -0.05) is 18.2 Å². The summed E-state index contributed by atoms with van der Waals surface area (Å²) in [4.78, 5) is 0. The monoisotopic (exact) mass is 179 g/mol. The normalized spacial score (nSPS) is 11.0. The zero-order valence-electron chi connectivity index (χ0n) is 7.97. The summed E-state index contributed by atoms with van der Waals surface area (Å²) >= 11 is 0. The Morgan fingerprint density at radius 3 is 2.85 bits per heavy atom. The van der Waals surface area contributed by atoms with E-state index in [0.717, 1.165) is 17.7 Å². The fourth-order valence-electron chi connectivity index (χ4n) is 1.13. The van der Waals surface area contributed by atoms with Gasteiger partial charge < -0.3 is 5.32 Å². The molecule has 70 valence electrons. The number of halogens is 1. The zero-order valence-corrected chi connectivity index (χ0v) is 7.97. The summed E-state index contributed by atoms with van der Waals surface area (Å²) in [5.41, 5.74) is 2.03. The van der Waals surface area contributed by atoms with Crippen LogP contribution >= 0.6 is 0 Å². The van der Waals surface area contributed by atoms with Gasteiger partial charge in [0.1, 0.15) is 5.82 Å². The van der Waals surface area contributed by atoms with Crippen LogP contribution in [0.3, 0.4) is 0 Å². The van der Waals surface area contributed by atoms with E-state index in [9.17, 15) is 4.39 Å². The lowest BCUT2D eigenvalue weighted by molar-refractivity contribution is 0.626. The van der Waals surface area contributed by atoms with Crippen molar-refractivity contribution in [3.63, 3.8) is 0 Å². The minimum atomic E-state index is -0.178. The van der Waals surface area contributed by atoms with E-state index in [1.807, 2.05) is 26.1 Å². The molecule has 0 amide bonds. The SMILES string of the molecule is CNC/C=C/c1ccc(F)cc1C. The molecule has 0 bridgehead atoms. The van der Waals surface area contributed by atoms with E-state index in [0.29, 0.717) is 0 Å². The van der Waals surface area contributed by atoms with Crippen molar-refractivity contribution in [3.8, 4) is 0 Å². The molecule has 0 aromatic heterocycles. The molecule has 0 saturated carbocycles. The van der Waals surface area contributed by atoms with Crippen LogP contribution < -0.4 is 5.32 Å². The van der Waals surface area contributed by atoms with Crippen LogP contribution in [0.5, 0.6) is 0 Å². The Balaban J connectivity index is 2.77. The smallest absolute Gasteiger partial charge is 0.123 e. The van der Waals surface area contributed by atoms with Crippen LogP contribution in [0.2, 0.25) is 0 Å². The molecule has 0 aliphatic carbocycles. The van der Waals surface area contributed by atoms with Crippen molar-refractivity contribution < 1.29 is 4.39 Å². The fraction of sp³-hybridized carbons (Fsp3) is 0.273. The van der Waals surface area contributed by atoms with Gasteiger partial charge in [-0.25, -0.2) is 4.39 Å².